The smallest absolute Gasteiger partial charge is 0.115 e. The predicted molar refractivity (Wildman–Crippen MR) is 93.6 cm³/mol. The van der Waals surface area contributed by atoms with E-state index in [0.29, 0.717) is 6.04 Å². The summed E-state index contributed by atoms with van der Waals surface area (Å²) < 4.78 is 2.36. The molecule has 3 heterocycles. The first-order chi connectivity index (χ1) is 11.8. The zero-order valence-electron chi connectivity index (χ0n) is 13.8. The molecule has 4 rings (SSSR count). The van der Waals surface area contributed by atoms with Crippen molar-refractivity contribution in [2.24, 2.45) is 0 Å². The Bertz CT molecular complexity index is 818. The van der Waals surface area contributed by atoms with Crippen molar-refractivity contribution in [1.29, 1.82) is 0 Å². The van der Waals surface area contributed by atoms with E-state index in [1.165, 1.54) is 11.3 Å². The topological polar surface area (TPSA) is 57.1 Å². The van der Waals surface area contributed by atoms with E-state index in [9.17, 15) is 5.11 Å². The van der Waals surface area contributed by atoms with Gasteiger partial charge in [0.05, 0.1) is 17.9 Å². The van der Waals surface area contributed by atoms with E-state index in [1.54, 1.807) is 12.1 Å². The highest BCUT2D eigenvalue weighted by Gasteiger charge is 2.26. The maximum Gasteiger partial charge on any atom is 0.115 e. The molecule has 0 amide bonds. The minimum atomic E-state index is 0.280. The zero-order valence-corrected chi connectivity index (χ0v) is 13.8. The third kappa shape index (κ3) is 2.61. The van der Waals surface area contributed by atoms with E-state index in [4.69, 9.17) is 0 Å². The van der Waals surface area contributed by atoms with Crippen LogP contribution in [-0.2, 0) is 13.1 Å². The Kier molecular flexibility index (Phi) is 3.86. The van der Waals surface area contributed by atoms with Gasteiger partial charge in [0.1, 0.15) is 5.75 Å². The average Bonchev–Trinajstić information content (AvgIpc) is 3.24. The van der Waals surface area contributed by atoms with Gasteiger partial charge in [0.15, 0.2) is 0 Å². The van der Waals surface area contributed by atoms with Gasteiger partial charge in [-0.2, -0.15) is 5.10 Å². The third-order valence-electron chi connectivity index (χ3n) is 4.91. The fourth-order valence-corrected chi connectivity index (χ4v) is 3.70. The molecule has 0 bridgehead atoms. The Hall–Kier alpha value is -2.53. The van der Waals surface area contributed by atoms with E-state index >= 15 is 0 Å². The molecule has 0 fully saturated rings. The van der Waals surface area contributed by atoms with Gasteiger partial charge in [-0.05, 0) is 42.8 Å². The van der Waals surface area contributed by atoms with Crippen LogP contribution < -0.4 is 0 Å². The van der Waals surface area contributed by atoms with Crippen molar-refractivity contribution >= 4 is 0 Å². The summed E-state index contributed by atoms with van der Waals surface area (Å²) in [6, 6.07) is 12.1. The van der Waals surface area contributed by atoms with E-state index < -0.39 is 0 Å². The van der Waals surface area contributed by atoms with Crippen LogP contribution in [0.3, 0.4) is 0 Å². The van der Waals surface area contributed by atoms with Crippen molar-refractivity contribution in [3.63, 3.8) is 0 Å². The van der Waals surface area contributed by atoms with Crippen LogP contribution in [0.4, 0.5) is 0 Å². The van der Waals surface area contributed by atoms with Crippen molar-refractivity contribution in [2.75, 3.05) is 6.54 Å². The summed E-state index contributed by atoms with van der Waals surface area (Å²) in [7, 11) is 0. The molecule has 5 nitrogen and oxygen atoms in total. The second kappa shape index (κ2) is 6.17. The summed E-state index contributed by atoms with van der Waals surface area (Å²) >= 11 is 0. The number of nitrogens with zero attached hydrogens (tertiary/aromatic N) is 3. The molecule has 0 saturated heterocycles. The number of fused-ring (bicyclic) bond motifs is 1. The van der Waals surface area contributed by atoms with Crippen LogP contribution in [0.5, 0.6) is 5.75 Å². The SMILES string of the molecule is CCC1c2cccn2CCN1Cc1cn[nH]c1-c1ccc(O)cc1. The molecule has 5 heteroatoms. The number of nitrogens with one attached hydrogen (secondary N) is 1. The van der Waals surface area contributed by atoms with Crippen LogP contribution in [0.2, 0.25) is 0 Å². The van der Waals surface area contributed by atoms with Gasteiger partial charge >= 0.3 is 0 Å². The highest BCUT2D eigenvalue weighted by atomic mass is 16.3. The molecule has 0 spiro atoms. The summed E-state index contributed by atoms with van der Waals surface area (Å²) in [5, 5.41) is 16.9. The van der Waals surface area contributed by atoms with Crippen molar-refractivity contribution < 1.29 is 5.11 Å². The summed E-state index contributed by atoms with van der Waals surface area (Å²) in [5.74, 6) is 0.280. The lowest BCUT2D eigenvalue weighted by atomic mass is 10.0. The molecule has 24 heavy (non-hydrogen) atoms. The Morgan fingerprint density at radius 2 is 2.04 bits per heavy atom. The molecule has 2 N–H and O–H groups in total. The third-order valence-corrected chi connectivity index (χ3v) is 4.91. The standard InChI is InChI=1S/C19H22N4O/c1-2-17-18-4-3-9-22(18)10-11-23(17)13-15-12-20-21-19(15)14-5-7-16(24)8-6-14/h3-9,12,17,24H,2,10-11,13H2,1H3,(H,20,21). The van der Waals surface area contributed by atoms with E-state index in [-0.39, 0.29) is 5.75 Å². The lowest BCUT2D eigenvalue weighted by molar-refractivity contribution is 0.144. The van der Waals surface area contributed by atoms with Crippen molar-refractivity contribution in [1.82, 2.24) is 19.7 Å². The molecular formula is C19H22N4O. The number of hydrogen-bond acceptors (Lipinski definition) is 3. The molecule has 1 aromatic carbocycles. The van der Waals surface area contributed by atoms with Crippen LogP contribution >= 0.6 is 0 Å². The number of aromatic hydroxyl groups is 1. The average molecular weight is 322 g/mol. The second-order valence-corrected chi connectivity index (χ2v) is 6.34. The fourth-order valence-electron chi connectivity index (χ4n) is 3.70. The first-order valence-electron chi connectivity index (χ1n) is 8.47. The van der Waals surface area contributed by atoms with Crippen molar-refractivity contribution in [3.05, 3.63) is 60.0 Å². The predicted octanol–water partition coefficient (Wildman–Crippen LogP) is 3.55. The molecule has 1 atom stereocenters. The zero-order chi connectivity index (χ0) is 16.5. The van der Waals surface area contributed by atoms with Crippen LogP contribution in [0.15, 0.2) is 48.8 Å². The number of phenols is 1. The number of rotatable bonds is 4. The van der Waals surface area contributed by atoms with Gasteiger partial charge in [0.25, 0.3) is 0 Å². The van der Waals surface area contributed by atoms with Gasteiger partial charge in [0, 0.05) is 42.7 Å². The first-order valence-corrected chi connectivity index (χ1v) is 8.47. The highest BCUT2D eigenvalue weighted by molar-refractivity contribution is 5.63. The van der Waals surface area contributed by atoms with Gasteiger partial charge in [-0.25, -0.2) is 0 Å². The molecule has 3 aromatic rings. The molecule has 0 saturated carbocycles. The lowest BCUT2D eigenvalue weighted by Gasteiger charge is -2.36. The van der Waals surface area contributed by atoms with Gasteiger partial charge < -0.3 is 9.67 Å². The Morgan fingerprint density at radius 1 is 1.21 bits per heavy atom. The molecule has 124 valence electrons. The van der Waals surface area contributed by atoms with Crippen LogP contribution in [0.1, 0.15) is 30.6 Å². The molecule has 2 aromatic heterocycles. The second-order valence-electron chi connectivity index (χ2n) is 6.34. The van der Waals surface area contributed by atoms with E-state index in [0.717, 1.165) is 37.3 Å². The van der Waals surface area contributed by atoms with Crippen LogP contribution in [-0.4, -0.2) is 31.3 Å². The van der Waals surface area contributed by atoms with E-state index in [2.05, 4.69) is 44.9 Å². The summed E-state index contributed by atoms with van der Waals surface area (Å²) in [6.07, 6.45) is 5.19. The van der Waals surface area contributed by atoms with Gasteiger partial charge in [-0.1, -0.05) is 6.92 Å². The molecule has 0 radical (unpaired) electrons. The Balaban J connectivity index is 1.60. The van der Waals surface area contributed by atoms with Crippen molar-refractivity contribution in [3.8, 4) is 17.0 Å². The van der Waals surface area contributed by atoms with Gasteiger partial charge in [-0.15, -0.1) is 0 Å². The number of phenolic OH excluding ortho intramolecular Hbond substituents is 1. The van der Waals surface area contributed by atoms with Crippen molar-refractivity contribution in [2.45, 2.75) is 32.5 Å². The summed E-state index contributed by atoms with van der Waals surface area (Å²) in [4.78, 5) is 2.53. The molecule has 1 aliphatic heterocycles. The van der Waals surface area contributed by atoms with E-state index in [1.807, 2.05) is 18.3 Å². The summed E-state index contributed by atoms with van der Waals surface area (Å²) in [6.45, 7) is 5.19. The van der Waals surface area contributed by atoms with Gasteiger partial charge in [-0.3, -0.25) is 10.00 Å². The highest BCUT2D eigenvalue weighted by Crippen LogP contribution is 2.32. The fraction of sp³-hybridized carbons (Fsp3) is 0.316. The minimum Gasteiger partial charge on any atom is -0.508 e. The molecular weight excluding hydrogens is 300 g/mol. The molecule has 1 aliphatic rings. The lowest BCUT2D eigenvalue weighted by Crippen LogP contribution is -2.37. The van der Waals surface area contributed by atoms with Crippen LogP contribution in [0, 0.1) is 0 Å². The number of H-pyrrole nitrogens is 1. The monoisotopic (exact) mass is 322 g/mol. The largest absolute Gasteiger partial charge is 0.508 e. The summed E-state index contributed by atoms with van der Waals surface area (Å²) in [5.41, 5.74) is 4.68. The normalized spacial score (nSPS) is 17.8. The molecule has 1 unspecified atom stereocenters. The minimum absolute atomic E-state index is 0.280. The van der Waals surface area contributed by atoms with Crippen LogP contribution in [0.25, 0.3) is 11.3 Å². The Morgan fingerprint density at radius 3 is 2.83 bits per heavy atom. The number of benzene rings is 1. The quantitative estimate of drug-likeness (QED) is 0.772. The van der Waals surface area contributed by atoms with Gasteiger partial charge in [0.2, 0.25) is 0 Å². The number of aromatic amines is 1. The maximum absolute atomic E-state index is 9.49. The maximum atomic E-state index is 9.49. The Labute approximate surface area is 141 Å². The molecule has 0 aliphatic carbocycles. The number of aromatic nitrogens is 3. The first kappa shape index (κ1) is 15.0. The number of hydrogen-bond donors (Lipinski definition) is 2.